The van der Waals surface area contributed by atoms with Crippen molar-refractivity contribution < 1.29 is 9.53 Å². The number of carbonyl (C=O) groups is 1. The summed E-state index contributed by atoms with van der Waals surface area (Å²) in [5, 5.41) is 14.9. The highest BCUT2D eigenvalue weighted by Crippen LogP contribution is 2.17. The number of anilines is 3. The quantitative estimate of drug-likeness (QED) is 0.601. The molecule has 2 aromatic carbocycles. The van der Waals surface area contributed by atoms with Gasteiger partial charge < -0.3 is 15.4 Å². The number of methoxy groups -OCH3 is 1. The van der Waals surface area contributed by atoms with Crippen LogP contribution in [-0.2, 0) is 11.2 Å². The number of nitrogens with one attached hydrogen (secondary N) is 2. The first-order valence-corrected chi connectivity index (χ1v) is 8.65. The SMILES string of the molecule is COC(=O)c1cccc(Nc2cnnc(NCCc3ccc(Cl)cc3)n2)c1. The zero-order chi connectivity index (χ0) is 19.1. The summed E-state index contributed by atoms with van der Waals surface area (Å²) in [4.78, 5) is 16.0. The van der Waals surface area contributed by atoms with Gasteiger partial charge in [-0.2, -0.15) is 10.1 Å². The lowest BCUT2D eigenvalue weighted by Gasteiger charge is -2.09. The van der Waals surface area contributed by atoms with E-state index >= 15 is 0 Å². The first-order valence-electron chi connectivity index (χ1n) is 8.27. The summed E-state index contributed by atoms with van der Waals surface area (Å²) in [7, 11) is 1.35. The van der Waals surface area contributed by atoms with Crippen LogP contribution in [0.3, 0.4) is 0 Å². The van der Waals surface area contributed by atoms with E-state index in [1.54, 1.807) is 18.2 Å². The number of benzene rings is 2. The van der Waals surface area contributed by atoms with Gasteiger partial charge in [-0.15, -0.1) is 5.10 Å². The third-order valence-electron chi connectivity index (χ3n) is 3.72. The van der Waals surface area contributed by atoms with Crippen molar-refractivity contribution in [1.82, 2.24) is 15.2 Å². The van der Waals surface area contributed by atoms with Crippen molar-refractivity contribution in [3.05, 3.63) is 70.9 Å². The molecule has 1 heterocycles. The van der Waals surface area contributed by atoms with Gasteiger partial charge in [0.15, 0.2) is 5.82 Å². The van der Waals surface area contributed by atoms with Crippen LogP contribution >= 0.6 is 11.6 Å². The molecule has 0 fully saturated rings. The van der Waals surface area contributed by atoms with Gasteiger partial charge in [0.05, 0.1) is 18.9 Å². The van der Waals surface area contributed by atoms with Gasteiger partial charge in [-0.3, -0.25) is 0 Å². The Morgan fingerprint density at radius 2 is 2.00 bits per heavy atom. The Labute approximate surface area is 161 Å². The first kappa shape index (κ1) is 18.6. The molecule has 7 nitrogen and oxygen atoms in total. The number of esters is 1. The number of ether oxygens (including phenoxy) is 1. The molecule has 0 saturated carbocycles. The van der Waals surface area contributed by atoms with Gasteiger partial charge in [0.25, 0.3) is 0 Å². The maximum atomic E-state index is 11.6. The lowest BCUT2D eigenvalue weighted by Crippen LogP contribution is -2.09. The topological polar surface area (TPSA) is 89.0 Å². The van der Waals surface area contributed by atoms with E-state index in [2.05, 4.69) is 25.8 Å². The van der Waals surface area contributed by atoms with Crippen LogP contribution in [0.5, 0.6) is 0 Å². The Bertz CT molecular complexity index is 918. The molecule has 0 amide bonds. The van der Waals surface area contributed by atoms with Crippen LogP contribution in [0, 0.1) is 0 Å². The average Bonchev–Trinajstić information content (AvgIpc) is 2.69. The molecule has 0 atom stereocenters. The largest absolute Gasteiger partial charge is 0.465 e. The Balaban J connectivity index is 1.60. The fourth-order valence-corrected chi connectivity index (χ4v) is 2.52. The Morgan fingerprint density at radius 3 is 2.78 bits per heavy atom. The molecule has 27 heavy (non-hydrogen) atoms. The number of carbonyl (C=O) groups excluding carboxylic acids is 1. The highest BCUT2D eigenvalue weighted by Gasteiger charge is 2.07. The molecule has 0 radical (unpaired) electrons. The lowest BCUT2D eigenvalue weighted by atomic mass is 10.1. The molecule has 0 bridgehead atoms. The second-order valence-corrected chi connectivity index (χ2v) is 6.10. The maximum absolute atomic E-state index is 11.6. The monoisotopic (exact) mass is 383 g/mol. The summed E-state index contributed by atoms with van der Waals surface area (Å²) >= 11 is 5.88. The summed E-state index contributed by atoms with van der Waals surface area (Å²) < 4.78 is 4.73. The first-order chi connectivity index (χ1) is 13.1. The van der Waals surface area contributed by atoms with Gasteiger partial charge in [0.2, 0.25) is 5.95 Å². The molecule has 0 saturated heterocycles. The molecule has 3 aromatic rings. The molecule has 0 spiro atoms. The van der Waals surface area contributed by atoms with Gasteiger partial charge in [-0.25, -0.2) is 4.79 Å². The predicted molar refractivity (Wildman–Crippen MR) is 105 cm³/mol. The van der Waals surface area contributed by atoms with Crippen molar-refractivity contribution in [1.29, 1.82) is 0 Å². The van der Waals surface area contributed by atoms with Crippen LogP contribution in [-0.4, -0.2) is 34.8 Å². The van der Waals surface area contributed by atoms with Crippen molar-refractivity contribution in [3.63, 3.8) is 0 Å². The van der Waals surface area contributed by atoms with Gasteiger partial charge in [0.1, 0.15) is 0 Å². The highest BCUT2D eigenvalue weighted by atomic mass is 35.5. The van der Waals surface area contributed by atoms with Gasteiger partial charge in [-0.05, 0) is 42.3 Å². The van der Waals surface area contributed by atoms with E-state index in [0.29, 0.717) is 34.6 Å². The van der Waals surface area contributed by atoms with Crippen molar-refractivity contribution in [2.24, 2.45) is 0 Å². The number of hydrogen-bond donors (Lipinski definition) is 2. The number of hydrogen-bond acceptors (Lipinski definition) is 7. The second-order valence-electron chi connectivity index (χ2n) is 5.67. The zero-order valence-electron chi connectivity index (χ0n) is 14.6. The Morgan fingerprint density at radius 1 is 1.19 bits per heavy atom. The van der Waals surface area contributed by atoms with E-state index in [4.69, 9.17) is 16.3 Å². The fraction of sp³-hybridized carbons (Fsp3) is 0.158. The fourth-order valence-electron chi connectivity index (χ4n) is 2.40. The number of nitrogens with zero attached hydrogens (tertiary/aromatic N) is 3. The molecular formula is C19H18ClN5O2. The van der Waals surface area contributed by atoms with Gasteiger partial charge in [0, 0.05) is 17.3 Å². The van der Waals surface area contributed by atoms with Crippen molar-refractivity contribution in [2.45, 2.75) is 6.42 Å². The van der Waals surface area contributed by atoms with Crippen molar-refractivity contribution in [3.8, 4) is 0 Å². The molecule has 0 aliphatic rings. The minimum atomic E-state index is -0.399. The summed E-state index contributed by atoms with van der Waals surface area (Å²) in [6.45, 7) is 0.657. The number of aromatic nitrogens is 3. The second kappa shape index (κ2) is 8.95. The summed E-state index contributed by atoms with van der Waals surface area (Å²) in [5.41, 5.74) is 2.31. The normalized spacial score (nSPS) is 10.3. The summed E-state index contributed by atoms with van der Waals surface area (Å²) in [5.74, 6) is 0.531. The lowest BCUT2D eigenvalue weighted by molar-refractivity contribution is 0.0601. The van der Waals surface area contributed by atoms with Crippen LogP contribution in [0.4, 0.5) is 17.5 Å². The average molecular weight is 384 g/mol. The van der Waals surface area contributed by atoms with Crippen molar-refractivity contribution in [2.75, 3.05) is 24.3 Å². The maximum Gasteiger partial charge on any atom is 0.337 e. The molecule has 138 valence electrons. The van der Waals surface area contributed by atoms with E-state index in [1.165, 1.54) is 13.3 Å². The van der Waals surface area contributed by atoms with E-state index < -0.39 is 5.97 Å². The molecule has 2 N–H and O–H groups in total. The molecule has 1 aromatic heterocycles. The summed E-state index contributed by atoms with van der Waals surface area (Å²) in [6.07, 6.45) is 2.31. The summed E-state index contributed by atoms with van der Waals surface area (Å²) in [6, 6.07) is 14.6. The molecule has 0 unspecified atom stereocenters. The van der Waals surface area contributed by atoms with Crippen LogP contribution in [0.25, 0.3) is 0 Å². The minimum absolute atomic E-state index is 0.399. The Hall–Kier alpha value is -3.19. The minimum Gasteiger partial charge on any atom is -0.465 e. The predicted octanol–water partition coefficient (Wildman–Crippen LogP) is 3.71. The number of halogens is 1. The molecular weight excluding hydrogens is 366 g/mol. The molecule has 8 heteroatoms. The van der Waals surface area contributed by atoms with Crippen LogP contribution in [0.15, 0.2) is 54.7 Å². The highest BCUT2D eigenvalue weighted by molar-refractivity contribution is 6.30. The Kier molecular flexibility index (Phi) is 6.17. The van der Waals surface area contributed by atoms with E-state index in [-0.39, 0.29) is 0 Å². The standard InChI is InChI=1S/C19H18ClN5O2/c1-27-18(26)14-3-2-4-16(11-14)23-17-12-22-25-19(24-17)21-10-9-13-5-7-15(20)8-6-13/h2-8,11-12H,9-10H2,1H3,(H2,21,23,24,25). The van der Waals surface area contributed by atoms with E-state index in [0.717, 1.165) is 12.0 Å². The number of rotatable bonds is 7. The zero-order valence-corrected chi connectivity index (χ0v) is 15.4. The van der Waals surface area contributed by atoms with E-state index in [9.17, 15) is 4.79 Å². The molecule has 3 rings (SSSR count). The molecule has 0 aliphatic heterocycles. The van der Waals surface area contributed by atoms with Gasteiger partial charge in [-0.1, -0.05) is 29.8 Å². The van der Waals surface area contributed by atoms with Crippen LogP contribution in [0.2, 0.25) is 5.02 Å². The van der Waals surface area contributed by atoms with Crippen LogP contribution < -0.4 is 10.6 Å². The van der Waals surface area contributed by atoms with Crippen molar-refractivity contribution >= 4 is 35.0 Å². The van der Waals surface area contributed by atoms with Crippen LogP contribution in [0.1, 0.15) is 15.9 Å². The molecule has 0 aliphatic carbocycles. The van der Waals surface area contributed by atoms with E-state index in [1.807, 2.05) is 30.3 Å². The van der Waals surface area contributed by atoms with Gasteiger partial charge >= 0.3 is 5.97 Å². The smallest absolute Gasteiger partial charge is 0.337 e. The third kappa shape index (κ3) is 5.39. The third-order valence-corrected chi connectivity index (χ3v) is 3.98.